The van der Waals surface area contributed by atoms with E-state index in [4.69, 9.17) is 22.7 Å². The normalized spacial score (nSPS) is 24.9. The molecule has 1 heterocycles. The van der Waals surface area contributed by atoms with E-state index >= 15 is 0 Å². The fourth-order valence-electron chi connectivity index (χ4n) is 3.23. The summed E-state index contributed by atoms with van der Waals surface area (Å²) in [5, 5.41) is 3.15. The molecule has 2 aliphatic rings. The number of amides is 1. The van der Waals surface area contributed by atoms with Gasteiger partial charge in [-0.15, -0.1) is 0 Å². The third-order valence-electron chi connectivity index (χ3n) is 4.72. The van der Waals surface area contributed by atoms with E-state index in [1.807, 2.05) is 0 Å². The highest BCUT2D eigenvalue weighted by Gasteiger charge is 2.43. The first kappa shape index (κ1) is 14.7. The second kappa shape index (κ2) is 6.18. The fourth-order valence-corrected chi connectivity index (χ4v) is 3.52. The van der Waals surface area contributed by atoms with Crippen molar-refractivity contribution in [2.24, 2.45) is 17.1 Å². The predicted molar refractivity (Wildman–Crippen MR) is 78.8 cm³/mol. The van der Waals surface area contributed by atoms with Crippen LogP contribution >= 0.6 is 12.2 Å². The molecule has 1 saturated carbocycles. The number of ether oxygens (including phenoxy) is 1. The van der Waals surface area contributed by atoms with Gasteiger partial charge in [0.25, 0.3) is 0 Å². The Labute approximate surface area is 120 Å². The van der Waals surface area contributed by atoms with Gasteiger partial charge in [-0.05, 0) is 38.5 Å². The highest BCUT2D eigenvalue weighted by Crippen LogP contribution is 2.33. The van der Waals surface area contributed by atoms with Gasteiger partial charge in [0.2, 0.25) is 5.91 Å². The Kier molecular flexibility index (Phi) is 4.79. The van der Waals surface area contributed by atoms with E-state index in [9.17, 15) is 4.79 Å². The topological polar surface area (TPSA) is 64.4 Å². The zero-order chi connectivity index (χ0) is 13.9. The lowest BCUT2D eigenvalue weighted by molar-refractivity contribution is -0.132. The number of hydrogen-bond acceptors (Lipinski definition) is 3. The maximum absolute atomic E-state index is 12.6. The molecular formula is C14H24N2O2S. The summed E-state index contributed by atoms with van der Waals surface area (Å²) in [6.45, 7) is 3.21. The molecule has 2 fully saturated rings. The van der Waals surface area contributed by atoms with Gasteiger partial charge in [0.1, 0.15) is 5.41 Å². The minimum absolute atomic E-state index is 0.00250. The van der Waals surface area contributed by atoms with Crippen molar-refractivity contribution in [2.45, 2.75) is 51.5 Å². The summed E-state index contributed by atoms with van der Waals surface area (Å²) in [4.78, 5) is 12.9. The quantitative estimate of drug-likeness (QED) is 0.772. The predicted octanol–water partition coefficient (Wildman–Crippen LogP) is 1.76. The van der Waals surface area contributed by atoms with Crippen LogP contribution in [0.4, 0.5) is 0 Å². The molecule has 4 nitrogen and oxygen atoms in total. The van der Waals surface area contributed by atoms with E-state index in [2.05, 4.69) is 12.2 Å². The second-order valence-corrected chi connectivity index (χ2v) is 6.31. The Balaban J connectivity index is 2.01. The minimum Gasteiger partial charge on any atom is -0.392 e. The molecule has 19 heavy (non-hydrogen) atoms. The van der Waals surface area contributed by atoms with Crippen molar-refractivity contribution in [3.63, 3.8) is 0 Å². The summed E-state index contributed by atoms with van der Waals surface area (Å²) in [7, 11) is 0. The summed E-state index contributed by atoms with van der Waals surface area (Å²) in [5.74, 6) is 0.606. The van der Waals surface area contributed by atoms with E-state index in [1.54, 1.807) is 0 Å². The van der Waals surface area contributed by atoms with E-state index in [1.165, 1.54) is 25.7 Å². The van der Waals surface area contributed by atoms with Crippen LogP contribution in [0.3, 0.4) is 0 Å². The molecule has 0 bridgehead atoms. The molecule has 108 valence electrons. The van der Waals surface area contributed by atoms with Crippen LogP contribution in [0.2, 0.25) is 0 Å². The molecule has 0 aromatic rings. The Bertz CT molecular complexity index is 347. The molecular weight excluding hydrogens is 260 g/mol. The molecule has 1 unspecified atom stereocenters. The maximum Gasteiger partial charge on any atom is 0.233 e. The molecule has 1 saturated heterocycles. The molecule has 1 amide bonds. The highest BCUT2D eigenvalue weighted by atomic mass is 32.1. The van der Waals surface area contributed by atoms with Gasteiger partial charge in [0.15, 0.2) is 0 Å². The lowest BCUT2D eigenvalue weighted by atomic mass is 9.78. The maximum atomic E-state index is 12.6. The Morgan fingerprint density at radius 2 is 1.95 bits per heavy atom. The van der Waals surface area contributed by atoms with Crippen LogP contribution in [-0.2, 0) is 9.53 Å². The number of nitrogens with two attached hydrogens (primary N) is 1. The smallest absolute Gasteiger partial charge is 0.233 e. The molecule has 0 aromatic heterocycles. The monoisotopic (exact) mass is 284 g/mol. The molecule has 5 heteroatoms. The van der Waals surface area contributed by atoms with E-state index < -0.39 is 5.41 Å². The van der Waals surface area contributed by atoms with Crippen LogP contribution in [0.1, 0.15) is 45.4 Å². The van der Waals surface area contributed by atoms with Crippen molar-refractivity contribution < 1.29 is 9.53 Å². The summed E-state index contributed by atoms with van der Waals surface area (Å²) in [5.41, 5.74) is 5.15. The average Bonchev–Trinajstić information content (AvgIpc) is 2.93. The lowest BCUT2D eigenvalue weighted by Crippen LogP contribution is -2.54. The summed E-state index contributed by atoms with van der Waals surface area (Å²) in [6, 6.07) is 0.212. The van der Waals surface area contributed by atoms with Gasteiger partial charge in [0, 0.05) is 19.3 Å². The van der Waals surface area contributed by atoms with Crippen molar-refractivity contribution in [1.29, 1.82) is 0 Å². The molecule has 2 rings (SSSR count). The van der Waals surface area contributed by atoms with Crippen LogP contribution in [-0.4, -0.2) is 30.2 Å². The van der Waals surface area contributed by atoms with Gasteiger partial charge >= 0.3 is 0 Å². The van der Waals surface area contributed by atoms with Gasteiger partial charge in [-0.1, -0.05) is 25.1 Å². The number of hydrogen-bond donors (Lipinski definition) is 2. The van der Waals surface area contributed by atoms with Gasteiger partial charge in [-0.3, -0.25) is 4.79 Å². The first-order valence-electron chi connectivity index (χ1n) is 7.25. The number of nitrogens with one attached hydrogen (secondary N) is 1. The van der Waals surface area contributed by atoms with E-state index in [-0.39, 0.29) is 11.9 Å². The zero-order valence-corrected chi connectivity index (χ0v) is 12.4. The number of carbonyl (C=O) groups excluding carboxylic acids is 1. The third-order valence-corrected chi connectivity index (χ3v) is 5.11. The second-order valence-electron chi connectivity index (χ2n) is 5.87. The highest BCUT2D eigenvalue weighted by molar-refractivity contribution is 7.80. The van der Waals surface area contributed by atoms with Gasteiger partial charge < -0.3 is 15.8 Å². The third kappa shape index (κ3) is 3.08. The zero-order valence-electron chi connectivity index (χ0n) is 11.6. The van der Waals surface area contributed by atoms with Gasteiger partial charge in [-0.25, -0.2) is 0 Å². The van der Waals surface area contributed by atoms with Crippen LogP contribution in [0.25, 0.3) is 0 Å². The number of rotatable bonds is 4. The van der Waals surface area contributed by atoms with E-state index in [0.717, 1.165) is 0 Å². The number of carbonyl (C=O) groups is 1. The molecule has 3 N–H and O–H groups in total. The summed E-state index contributed by atoms with van der Waals surface area (Å²) < 4.78 is 5.33. The van der Waals surface area contributed by atoms with Crippen LogP contribution in [0, 0.1) is 11.3 Å². The van der Waals surface area contributed by atoms with Crippen LogP contribution in [0.5, 0.6) is 0 Å². The first-order chi connectivity index (χ1) is 9.06. The average molecular weight is 284 g/mol. The van der Waals surface area contributed by atoms with E-state index in [0.29, 0.717) is 37.0 Å². The lowest BCUT2D eigenvalue weighted by Gasteiger charge is -2.36. The fraction of sp³-hybridized carbons (Fsp3) is 0.857. The van der Waals surface area contributed by atoms with Crippen molar-refractivity contribution in [3.8, 4) is 0 Å². The van der Waals surface area contributed by atoms with Crippen molar-refractivity contribution >= 4 is 23.1 Å². The first-order valence-corrected chi connectivity index (χ1v) is 7.66. The minimum atomic E-state index is -0.694. The summed E-state index contributed by atoms with van der Waals surface area (Å²) in [6.07, 6.45) is 6.19. The van der Waals surface area contributed by atoms with Crippen LogP contribution < -0.4 is 11.1 Å². The van der Waals surface area contributed by atoms with Crippen molar-refractivity contribution in [1.82, 2.24) is 5.32 Å². The molecule has 1 aliphatic carbocycles. The number of thiocarbonyl (C=S) groups is 1. The molecule has 1 atom stereocenters. The molecule has 1 aliphatic heterocycles. The molecule has 0 spiro atoms. The van der Waals surface area contributed by atoms with Gasteiger partial charge in [0.05, 0.1) is 4.99 Å². The standard InChI is InChI=1S/C14H24N2O2S/c1-10(11-4-2-3-5-11)16-13(17)14(12(15)19)6-8-18-9-7-14/h10-11H,2-9H2,1H3,(H2,15,19)(H,16,17). The van der Waals surface area contributed by atoms with Crippen molar-refractivity contribution in [2.75, 3.05) is 13.2 Å². The Hall–Kier alpha value is -0.680. The van der Waals surface area contributed by atoms with Crippen molar-refractivity contribution in [3.05, 3.63) is 0 Å². The van der Waals surface area contributed by atoms with Gasteiger partial charge in [-0.2, -0.15) is 0 Å². The van der Waals surface area contributed by atoms with Crippen LogP contribution in [0.15, 0.2) is 0 Å². The largest absolute Gasteiger partial charge is 0.392 e. The molecule has 0 aromatic carbocycles. The molecule has 0 radical (unpaired) electrons. The Morgan fingerprint density at radius 1 is 1.37 bits per heavy atom. The Morgan fingerprint density at radius 3 is 2.47 bits per heavy atom. The summed E-state index contributed by atoms with van der Waals surface area (Å²) >= 11 is 5.15. The SMILES string of the molecule is CC(NC(=O)C1(C(N)=S)CCOCC1)C1CCCC1.